The summed E-state index contributed by atoms with van der Waals surface area (Å²) >= 11 is 7.69. The third kappa shape index (κ3) is 1.74. The Hall–Kier alpha value is -0.470. The van der Waals surface area contributed by atoms with Crippen LogP contribution in [-0.4, -0.2) is 17.3 Å². The van der Waals surface area contributed by atoms with Crippen LogP contribution in [0.3, 0.4) is 0 Å². The molecule has 0 aromatic heterocycles. The number of Topliss-reactive ketones (excluding diaryl/α,β-unsaturated/α-hetero) is 1. The van der Waals surface area contributed by atoms with Crippen LogP contribution in [0.1, 0.15) is 11.5 Å². The maximum Gasteiger partial charge on any atom is 0.151 e. The van der Waals surface area contributed by atoms with Crippen molar-refractivity contribution < 1.29 is 4.79 Å². The van der Waals surface area contributed by atoms with Crippen LogP contribution in [0.4, 0.5) is 0 Å². The van der Waals surface area contributed by atoms with E-state index >= 15 is 0 Å². The minimum absolute atomic E-state index is 0.0266. The Morgan fingerprint density at radius 2 is 2.15 bits per heavy atom. The largest absolute Gasteiger partial charge is 0.298 e. The summed E-state index contributed by atoms with van der Waals surface area (Å²) in [7, 11) is 0. The van der Waals surface area contributed by atoms with E-state index in [-0.39, 0.29) is 5.92 Å². The van der Waals surface area contributed by atoms with Crippen molar-refractivity contribution in [2.75, 3.05) is 11.5 Å². The number of thioether (sulfide) groups is 1. The fourth-order valence-electron chi connectivity index (χ4n) is 1.49. The fraction of sp³-hybridized carbons (Fsp3) is 0.300. The number of halogens is 1. The molecule has 68 valence electrons. The zero-order valence-electron chi connectivity index (χ0n) is 7.00. The Kier molecular flexibility index (Phi) is 2.61. The summed E-state index contributed by atoms with van der Waals surface area (Å²) < 4.78 is 0. The number of ketones is 1. The van der Waals surface area contributed by atoms with E-state index in [1.807, 2.05) is 24.3 Å². The van der Waals surface area contributed by atoms with E-state index in [9.17, 15) is 4.79 Å². The Labute approximate surface area is 86.5 Å². The lowest BCUT2D eigenvalue weighted by Crippen LogP contribution is -2.09. The summed E-state index contributed by atoms with van der Waals surface area (Å²) in [4.78, 5) is 11.4. The van der Waals surface area contributed by atoms with Gasteiger partial charge in [0.15, 0.2) is 5.78 Å². The molecule has 0 N–H and O–H groups in total. The van der Waals surface area contributed by atoms with Crippen molar-refractivity contribution in [3.63, 3.8) is 0 Å². The van der Waals surface area contributed by atoms with Crippen LogP contribution < -0.4 is 0 Å². The van der Waals surface area contributed by atoms with E-state index < -0.39 is 0 Å². The van der Waals surface area contributed by atoms with Gasteiger partial charge in [0, 0.05) is 10.8 Å². The summed E-state index contributed by atoms with van der Waals surface area (Å²) in [5, 5.41) is 0.711. The maximum atomic E-state index is 11.4. The van der Waals surface area contributed by atoms with Gasteiger partial charge in [-0.3, -0.25) is 4.79 Å². The Morgan fingerprint density at radius 1 is 1.38 bits per heavy atom. The van der Waals surface area contributed by atoms with Gasteiger partial charge in [-0.2, -0.15) is 11.8 Å². The van der Waals surface area contributed by atoms with Gasteiger partial charge in [0.05, 0.1) is 11.7 Å². The number of hydrogen-bond acceptors (Lipinski definition) is 2. The van der Waals surface area contributed by atoms with E-state index in [1.165, 1.54) is 0 Å². The molecule has 1 heterocycles. The quantitative estimate of drug-likeness (QED) is 0.712. The van der Waals surface area contributed by atoms with Crippen molar-refractivity contribution in [2.24, 2.45) is 0 Å². The molecule has 13 heavy (non-hydrogen) atoms. The number of benzene rings is 1. The summed E-state index contributed by atoms with van der Waals surface area (Å²) in [5.74, 6) is 1.84. The number of carbonyl (C=O) groups is 1. The molecule has 1 fully saturated rings. The Balaban J connectivity index is 2.34. The molecule has 0 aliphatic carbocycles. The highest BCUT2D eigenvalue weighted by atomic mass is 35.5. The van der Waals surface area contributed by atoms with Crippen LogP contribution >= 0.6 is 23.4 Å². The molecule has 0 bridgehead atoms. The number of carbonyl (C=O) groups excluding carboxylic acids is 1. The summed E-state index contributed by atoms with van der Waals surface area (Å²) in [6, 6.07) is 7.60. The molecule has 2 rings (SSSR count). The van der Waals surface area contributed by atoms with Gasteiger partial charge in [-0.05, 0) is 11.6 Å². The minimum atomic E-state index is 0.0266. The smallest absolute Gasteiger partial charge is 0.151 e. The second-order valence-electron chi connectivity index (χ2n) is 3.06. The summed E-state index contributed by atoms with van der Waals surface area (Å²) in [5.41, 5.74) is 0.985. The molecule has 0 saturated carbocycles. The SMILES string of the molecule is O=C1CSCC1c1ccccc1Cl. The van der Waals surface area contributed by atoms with Crippen molar-refractivity contribution in [3.8, 4) is 0 Å². The molecule has 1 saturated heterocycles. The molecular weight excluding hydrogens is 204 g/mol. The van der Waals surface area contributed by atoms with Crippen molar-refractivity contribution in [1.82, 2.24) is 0 Å². The van der Waals surface area contributed by atoms with Crippen molar-refractivity contribution in [2.45, 2.75) is 5.92 Å². The number of rotatable bonds is 1. The van der Waals surface area contributed by atoms with E-state index in [2.05, 4.69) is 0 Å². The van der Waals surface area contributed by atoms with E-state index in [4.69, 9.17) is 11.6 Å². The molecule has 1 aromatic carbocycles. The first-order chi connectivity index (χ1) is 6.29. The molecule has 1 atom stereocenters. The second-order valence-corrected chi connectivity index (χ2v) is 4.49. The maximum absolute atomic E-state index is 11.4. The first kappa shape index (κ1) is 9.10. The highest BCUT2D eigenvalue weighted by Crippen LogP contribution is 2.33. The van der Waals surface area contributed by atoms with Crippen LogP contribution in [0.5, 0.6) is 0 Å². The molecule has 3 heteroatoms. The lowest BCUT2D eigenvalue weighted by atomic mass is 9.98. The normalized spacial score (nSPS) is 22.2. The molecule has 0 amide bonds. The second kappa shape index (κ2) is 3.72. The number of hydrogen-bond donors (Lipinski definition) is 0. The van der Waals surface area contributed by atoms with Gasteiger partial charge in [0.25, 0.3) is 0 Å². The fourth-order valence-corrected chi connectivity index (χ4v) is 2.88. The Bertz CT molecular complexity index is 337. The van der Waals surface area contributed by atoms with Gasteiger partial charge >= 0.3 is 0 Å². The van der Waals surface area contributed by atoms with Crippen molar-refractivity contribution in [3.05, 3.63) is 34.9 Å². The summed E-state index contributed by atoms with van der Waals surface area (Å²) in [6.45, 7) is 0. The van der Waals surface area contributed by atoms with Crippen LogP contribution in [-0.2, 0) is 4.79 Å². The Morgan fingerprint density at radius 3 is 2.77 bits per heavy atom. The highest BCUT2D eigenvalue weighted by Gasteiger charge is 2.27. The van der Waals surface area contributed by atoms with Crippen LogP contribution in [0.2, 0.25) is 5.02 Å². The van der Waals surface area contributed by atoms with E-state index in [0.29, 0.717) is 16.6 Å². The van der Waals surface area contributed by atoms with Gasteiger partial charge in [0.1, 0.15) is 0 Å². The molecule has 1 unspecified atom stereocenters. The zero-order chi connectivity index (χ0) is 9.26. The first-order valence-electron chi connectivity index (χ1n) is 4.14. The van der Waals surface area contributed by atoms with Gasteiger partial charge < -0.3 is 0 Å². The van der Waals surface area contributed by atoms with Gasteiger partial charge in [-0.1, -0.05) is 29.8 Å². The highest BCUT2D eigenvalue weighted by molar-refractivity contribution is 8.00. The molecule has 0 radical (unpaired) electrons. The zero-order valence-corrected chi connectivity index (χ0v) is 8.57. The van der Waals surface area contributed by atoms with Gasteiger partial charge in [0.2, 0.25) is 0 Å². The monoisotopic (exact) mass is 212 g/mol. The van der Waals surface area contributed by atoms with Crippen LogP contribution in [0.15, 0.2) is 24.3 Å². The molecular formula is C10H9ClOS. The predicted molar refractivity (Wildman–Crippen MR) is 56.5 cm³/mol. The lowest BCUT2D eigenvalue weighted by molar-refractivity contribution is -0.117. The van der Waals surface area contributed by atoms with Crippen LogP contribution in [0.25, 0.3) is 0 Å². The van der Waals surface area contributed by atoms with Crippen LogP contribution in [0, 0.1) is 0 Å². The van der Waals surface area contributed by atoms with E-state index in [0.717, 1.165) is 11.3 Å². The van der Waals surface area contributed by atoms with Crippen molar-refractivity contribution in [1.29, 1.82) is 0 Å². The topological polar surface area (TPSA) is 17.1 Å². The van der Waals surface area contributed by atoms with E-state index in [1.54, 1.807) is 11.8 Å². The average molecular weight is 213 g/mol. The average Bonchev–Trinajstić information content (AvgIpc) is 2.52. The summed E-state index contributed by atoms with van der Waals surface area (Å²) in [6.07, 6.45) is 0. The molecule has 1 aromatic rings. The lowest BCUT2D eigenvalue weighted by Gasteiger charge is -2.08. The molecule has 1 nitrogen and oxygen atoms in total. The van der Waals surface area contributed by atoms with Gasteiger partial charge in [-0.25, -0.2) is 0 Å². The third-order valence-corrected chi connectivity index (χ3v) is 3.60. The molecule has 1 aliphatic rings. The molecule has 1 aliphatic heterocycles. The first-order valence-corrected chi connectivity index (χ1v) is 5.67. The standard InChI is InChI=1S/C10H9ClOS/c11-9-4-2-1-3-7(9)8-5-13-6-10(8)12/h1-4,8H,5-6H2. The van der Waals surface area contributed by atoms with Gasteiger partial charge in [-0.15, -0.1) is 0 Å². The molecule has 0 spiro atoms. The third-order valence-electron chi connectivity index (χ3n) is 2.20. The van der Waals surface area contributed by atoms with Crippen molar-refractivity contribution >= 4 is 29.1 Å². The predicted octanol–water partition coefficient (Wildman–Crippen LogP) is 2.74. The minimum Gasteiger partial charge on any atom is -0.298 e.